The van der Waals surface area contributed by atoms with Crippen LogP contribution in [0.25, 0.3) is 10.8 Å². The van der Waals surface area contributed by atoms with E-state index in [4.69, 9.17) is 16.3 Å². The third-order valence-corrected chi connectivity index (χ3v) is 5.67. The Bertz CT molecular complexity index is 999. The first kappa shape index (κ1) is 16.1. The number of carbonyl (C=O) groups excluding carboxylic acids is 2. The number of Topliss-reactive ketones (excluding diaryl/α,β-unsaturated/α-hetero) is 1. The minimum atomic E-state index is -1.56. The van der Waals surface area contributed by atoms with E-state index in [-0.39, 0.29) is 12.4 Å². The minimum absolute atomic E-state index is 0.193. The lowest BCUT2D eigenvalue weighted by Gasteiger charge is -2.25. The van der Waals surface area contributed by atoms with Crippen molar-refractivity contribution in [3.63, 3.8) is 0 Å². The van der Waals surface area contributed by atoms with Crippen LogP contribution in [0, 0.1) is 0 Å². The highest BCUT2D eigenvalue weighted by molar-refractivity contribution is 7.10. The predicted molar refractivity (Wildman–Crippen MR) is 99.5 cm³/mol. The van der Waals surface area contributed by atoms with E-state index in [2.05, 4.69) is 5.32 Å². The molecule has 0 radical (unpaired) electrons. The van der Waals surface area contributed by atoms with E-state index >= 15 is 0 Å². The molecule has 4 nitrogen and oxygen atoms in total. The molecule has 25 heavy (non-hydrogen) atoms. The van der Waals surface area contributed by atoms with Crippen molar-refractivity contribution < 1.29 is 14.3 Å². The minimum Gasteiger partial charge on any atom is -0.464 e. The number of ether oxygens (including phenoxy) is 1. The lowest BCUT2D eigenvalue weighted by molar-refractivity contribution is -0.146. The van der Waals surface area contributed by atoms with E-state index in [0.717, 1.165) is 10.8 Å². The Hall–Kier alpha value is -2.37. The zero-order valence-corrected chi connectivity index (χ0v) is 14.9. The molecule has 1 aliphatic heterocycles. The maximum Gasteiger partial charge on any atom is 0.345 e. The molecule has 0 spiro atoms. The van der Waals surface area contributed by atoms with E-state index in [1.54, 1.807) is 25.1 Å². The van der Waals surface area contributed by atoms with E-state index in [0.29, 0.717) is 21.2 Å². The molecule has 0 unspecified atom stereocenters. The molecule has 3 aromatic rings. The van der Waals surface area contributed by atoms with Gasteiger partial charge in [0.1, 0.15) is 0 Å². The van der Waals surface area contributed by atoms with Crippen LogP contribution >= 0.6 is 22.9 Å². The summed E-state index contributed by atoms with van der Waals surface area (Å²) in [5.41, 5.74) is -0.531. The number of rotatable bonds is 3. The number of halogens is 1. The van der Waals surface area contributed by atoms with Gasteiger partial charge in [0.25, 0.3) is 0 Å². The monoisotopic (exact) mass is 371 g/mol. The van der Waals surface area contributed by atoms with E-state index < -0.39 is 11.5 Å². The second kappa shape index (κ2) is 5.86. The largest absolute Gasteiger partial charge is 0.464 e. The lowest BCUT2D eigenvalue weighted by atomic mass is 9.91. The summed E-state index contributed by atoms with van der Waals surface area (Å²) >= 11 is 7.72. The second-order valence-corrected chi connectivity index (χ2v) is 7.08. The number of esters is 1. The Morgan fingerprint density at radius 3 is 2.80 bits per heavy atom. The molecular weight excluding hydrogens is 358 g/mol. The quantitative estimate of drug-likeness (QED) is 0.539. The third kappa shape index (κ3) is 2.19. The Balaban J connectivity index is 1.99. The van der Waals surface area contributed by atoms with Crippen LogP contribution in [0.15, 0.2) is 47.8 Å². The van der Waals surface area contributed by atoms with Gasteiger partial charge in [-0.2, -0.15) is 0 Å². The number of anilines is 1. The topological polar surface area (TPSA) is 55.4 Å². The zero-order valence-electron chi connectivity index (χ0n) is 13.3. The maximum atomic E-state index is 13.3. The van der Waals surface area contributed by atoms with Crippen LogP contribution in [0.5, 0.6) is 0 Å². The van der Waals surface area contributed by atoms with Gasteiger partial charge in [-0.15, -0.1) is 11.3 Å². The molecule has 0 bridgehead atoms. The molecule has 0 aliphatic carbocycles. The molecule has 1 atom stereocenters. The number of thiophene rings is 1. The van der Waals surface area contributed by atoms with Crippen molar-refractivity contribution in [1.82, 2.24) is 0 Å². The summed E-state index contributed by atoms with van der Waals surface area (Å²) in [5.74, 6) is -0.913. The van der Waals surface area contributed by atoms with Crippen LogP contribution in [-0.2, 0) is 15.1 Å². The highest BCUT2D eigenvalue weighted by atomic mass is 35.5. The van der Waals surface area contributed by atoms with Gasteiger partial charge in [-0.05, 0) is 35.9 Å². The zero-order chi connectivity index (χ0) is 17.6. The molecule has 1 aromatic heterocycles. The summed E-state index contributed by atoms with van der Waals surface area (Å²) in [4.78, 5) is 26.7. The molecule has 4 rings (SSSR count). The molecule has 6 heteroatoms. The molecule has 2 heterocycles. The summed E-state index contributed by atoms with van der Waals surface area (Å²) in [6.45, 7) is 1.91. The molecule has 0 saturated carbocycles. The van der Waals surface area contributed by atoms with Gasteiger partial charge in [-0.3, -0.25) is 4.79 Å². The fourth-order valence-electron chi connectivity index (χ4n) is 3.25. The number of hydrogen-bond donors (Lipinski definition) is 1. The van der Waals surface area contributed by atoms with Crippen molar-refractivity contribution in [3.8, 4) is 0 Å². The third-order valence-electron chi connectivity index (χ3n) is 4.36. The fourth-order valence-corrected chi connectivity index (χ4v) is 4.39. The van der Waals surface area contributed by atoms with E-state index in [1.165, 1.54) is 11.3 Å². The van der Waals surface area contributed by atoms with Crippen LogP contribution in [0.4, 0.5) is 5.69 Å². The van der Waals surface area contributed by atoms with Gasteiger partial charge in [-0.1, -0.05) is 35.9 Å². The van der Waals surface area contributed by atoms with Gasteiger partial charge in [0.15, 0.2) is 0 Å². The Kier molecular flexibility index (Phi) is 3.78. The number of fused-ring (bicyclic) bond motifs is 3. The average molecular weight is 372 g/mol. The molecule has 1 N–H and O–H groups in total. The van der Waals surface area contributed by atoms with Gasteiger partial charge < -0.3 is 10.1 Å². The Morgan fingerprint density at radius 1 is 1.24 bits per heavy atom. The maximum absolute atomic E-state index is 13.3. The molecule has 0 saturated heterocycles. The molecule has 126 valence electrons. The van der Waals surface area contributed by atoms with Crippen LogP contribution in [0.3, 0.4) is 0 Å². The van der Waals surface area contributed by atoms with Crippen molar-refractivity contribution in [2.75, 3.05) is 11.9 Å². The van der Waals surface area contributed by atoms with Gasteiger partial charge in [0.2, 0.25) is 11.3 Å². The van der Waals surface area contributed by atoms with Gasteiger partial charge in [0, 0.05) is 15.8 Å². The summed E-state index contributed by atoms with van der Waals surface area (Å²) in [7, 11) is 0. The number of hydrogen-bond acceptors (Lipinski definition) is 5. The molecule has 1 aliphatic rings. The van der Waals surface area contributed by atoms with E-state index in [9.17, 15) is 9.59 Å². The highest BCUT2D eigenvalue weighted by Crippen LogP contribution is 2.46. The number of carbonyl (C=O) groups is 2. The fraction of sp³-hybridized carbons (Fsp3) is 0.158. The van der Waals surface area contributed by atoms with Gasteiger partial charge >= 0.3 is 5.97 Å². The van der Waals surface area contributed by atoms with Crippen molar-refractivity contribution in [2.24, 2.45) is 0 Å². The molecule has 0 fully saturated rings. The SMILES string of the molecule is CCOC(=O)[C@]1(c2cccs2)Nc2c(ccc3cccc(Cl)c23)C1=O. The first-order valence-electron chi connectivity index (χ1n) is 7.85. The molecule has 2 aromatic carbocycles. The van der Waals surface area contributed by atoms with Crippen LogP contribution < -0.4 is 5.32 Å². The second-order valence-electron chi connectivity index (χ2n) is 5.73. The summed E-state index contributed by atoms with van der Waals surface area (Å²) in [5, 5.41) is 7.17. The van der Waals surface area contributed by atoms with Crippen LogP contribution in [0.2, 0.25) is 5.02 Å². The summed E-state index contributed by atoms with van der Waals surface area (Å²) in [6.07, 6.45) is 0. The lowest BCUT2D eigenvalue weighted by Crippen LogP contribution is -2.47. The number of ketones is 1. The van der Waals surface area contributed by atoms with Crippen molar-refractivity contribution in [2.45, 2.75) is 12.5 Å². The molecule has 0 amide bonds. The Labute approximate surface area is 153 Å². The van der Waals surface area contributed by atoms with Crippen LogP contribution in [0.1, 0.15) is 22.2 Å². The van der Waals surface area contributed by atoms with E-state index in [1.807, 2.05) is 29.6 Å². The van der Waals surface area contributed by atoms with Crippen molar-refractivity contribution >= 4 is 51.2 Å². The molecular formula is C19H14ClNO3S. The smallest absolute Gasteiger partial charge is 0.345 e. The number of nitrogens with one attached hydrogen (secondary N) is 1. The van der Waals surface area contributed by atoms with Gasteiger partial charge in [-0.25, -0.2) is 4.79 Å². The highest BCUT2D eigenvalue weighted by Gasteiger charge is 2.55. The normalized spacial score (nSPS) is 18.9. The summed E-state index contributed by atoms with van der Waals surface area (Å²) in [6, 6.07) is 12.7. The predicted octanol–water partition coefficient (Wildman–Crippen LogP) is 4.62. The standard InChI is InChI=1S/C19H14ClNO3S/c1-2-24-18(23)19(14-7-4-10-25-14)17(22)12-9-8-11-5-3-6-13(20)15(11)16(12)21-19/h3-10,21H,2H2,1H3/t19-/m1/s1. The number of benzene rings is 2. The van der Waals surface area contributed by atoms with Gasteiger partial charge in [0.05, 0.1) is 17.3 Å². The Morgan fingerprint density at radius 2 is 2.08 bits per heavy atom. The van der Waals surface area contributed by atoms with Crippen LogP contribution in [-0.4, -0.2) is 18.4 Å². The van der Waals surface area contributed by atoms with Crippen molar-refractivity contribution in [3.05, 3.63) is 63.3 Å². The summed E-state index contributed by atoms with van der Waals surface area (Å²) < 4.78 is 5.25. The van der Waals surface area contributed by atoms with Crippen molar-refractivity contribution in [1.29, 1.82) is 0 Å². The first-order valence-corrected chi connectivity index (χ1v) is 9.10. The first-order chi connectivity index (χ1) is 12.1. The average Bonchev–Trinajstić information content (AvgIpc) is 3.22.